The van der Waals surface area contributed by atoms with Crippen LogP contribution in [0.4, 0.5) is 5.69 Å². The molecule has 0 amide bonds. The highest BCUT2D eigenvalue weighted by molar-refractivity contribution is 9.10. The van der Waals surface area contributed by atoms with Crippen molar-refractivity contribution >= 4 is 33.4 Å². The van der Waals surface area contributed by atoms with E-state index >= 15 is 0 Å². The molecule has 0 aliphatic carbocycles. The predicted octanol–water partition coefficient (Wildman–Crippen LogP) is 5.35. The lowest BCUT2D eigenvalue weighted by Crippen LogP contribution is -2.07. The van der Waals surface area contributed by atoms with E-state index in [-0.39, 0.29) is 6.04 Å². The molecule has 0 saturated carbocycles. The van der Waals surface area contributed by atoms with Gasteiger partial charge in [0.1, 0.15) is 5.75 Å². The van der Waals surface area contributed by atoms with Crippen LogP contribution in [0.25, 0.3) is 0 Å². The molecule has 0 aromatic heterocycles. The Morgan fingerprint density at radius 1 is 1.15 bits per heavy atom. The summed E-state index contributed by atoms with van der Waals surface area (Å²) in [6.07, 6.45) is 2.09. The predicted molar refractivity (Wildman–Crippen MR) is 91.0 cm³/mol. The van der Waals surface area contributed by atoms with E-state index in [1.807, 2.05) is 18.2 Å². The van der Waals surface area contributed by atoms with Crippen LogP contribution in [0.2, 0.25) is 0 Å². The van der Waals surface area contributed by atoms with E-state index in [9.17, 15) is 0 Å². The molecule has 2 aromatic carbocycles. The minimum Gasteiger partial charge on any atom is -0.495 e. The number of thioether (sulfide) groups is 1. The van der Waals surface area contributed by atoms with Gasteiger partial charge in [-0.05, 0) is 49.1 Å². The van der Waals surface area contributed by atoms with Gasteiger partial charge in [0.05, 0.1) is 12.8 Å². The average molecular weight is 352 g/mol. The first-order valence-electron chi connectivity index (χ1n) is 6.38. The molecule has 4 heteroatoms. The van der Waals surface area contributed by atoms with E-state index in [1.54, 1.807) is 18.9 Å². The van der Waals surface area contributed by atoms with Crippen molar-refractivity contribution in [1.29, 1.82) is 0 Å². The molecule has 0 aliphatic rings. The maximum Gasteiger partial charge on any atom is 0.142 e. The summed E-state index contributed by atoms with van der Waals surface area (Å²) in [5, 5.41) is 3.49. The number of hydrogen-bond donors (Lipinski definition) is 1. The van der Waals surface area contributed by atoms with E-state index in [2.05, 4.69) is 58.7 Å². The number of hydrogen-bond acceptors (Lipinski definition) is 3. The topological polar surface area (TPSA) is 21.3 Å². The van der Waals surface area contributed by atoms with Crippen molar-refractivity contribution in [2.75, 3.05) is 18.7 Å². The van der Waals surface area contributed by atoms with Crippen LogP contribution in [0.15, 0.2) is 51.8 Å². The molecule has 2 aromatic rings. The number of halogens is 1. The SMILES string of the molecule is COc1ccc(Br)cc1NC(C)c1ccc(SC)cc1. The molecule has 2 rings (SSSR count). The Kier molecular flexibility index (Phi) is 5.38. The van der Waals surface area contributed by atoms with Crippen molar-refractivity contribution in [2.45, 2.75) is 17.9 Å². The van der Waals surface area contributed by atoms with Crippen LogP contribution in [0.5, 0.6) is 5.75 Å². The third-order valence-corrected chi connectivity index (χ3v) is 4.39. The fraction of sp³-hybridized carbons (Fsp3) is 0.250. The van der Waals surface area contributed by atoms with E-state index in [1.165, 1.54) is 10.5 Å². The summed E-state index contributed by atoms with van der Waals surface area (Å²) < 4.78 is 6.42. The molecule has 0 heterocycles. The maximum absolute atomic E-state index is 5.39. The summed E-state index contributed by atoms with van der Waals surface area (Å²) in [7, 11) is 1.69. The number of methoxy groups -OCH3 is 1. The van der Waals surface area contributed by atoms with E-state index in [0.29, 0.717) is 0 Å². The van der Waals surface area contributed by atoms with Gasteiger partial charge in [0.2, 0.25) is 0 Å². The average Bonchev–Trinajstić information content (AvgIpc) is 2.47. The summed E-state index contributed by atoms with van der Waals surface area (Å²) in [6, 6.07) is 14.8. The lowest BCUT2D eigenvalue weighted by Gasteiger charge is -2.18. The van der Waals surface area contributed by atoms with Crippen molar-refractivity contribution < 1.29 is 4.74 Å². The van der Waals surface area contributed by atoms with Gasteiger partial charge in [-0.2, -0.15) is 0 Å². The molecule has 20 heavy (non-hydrogen) atoms. The molecule has 0 radical (unpaired) electrons. The van der Waals surface area contributed by atoms with E-state index < -0.39 is 0 Å². The quantitative estimate of drug-likeness (QED) is 0.733. The smallest absolute Gasteiger partial charge is 0.142 e. The zero-order chi connectivity index (χ0) is 14.5. The summed E-state index contributed by atoms with van der Waals surface area (Å²) in [5.74, 6) is 0.848. The van der Waals surface area contributed by atoms with Crippen LogP contribution in [-0.4, -0.2) is 13.4 Å². The molecule has 2 nitrogen and oxygen atoms in total. The Morgan fingerprint density at radius 3 is 2.45 bits per heavy atom. The molecule has 106 valence electrons. The Hall–Kier alpha value is -1.13. The van der Waals surface area contributed by atoms with Crippen molar-refractivity contribution in [3.63, 3.8) is 0 Å². The minimum absolute atomic E-state index is 0.217. The third-order valence-electron chi connectivity index (χ3n) is 3.15. The van der Waals surface area contributed by atoms with Crippen LogP contribution < -0.4 is 10.1 Å². The highest BCUT2D eigenvalue weighted by atomic mass is 79.9. The second-order valence-electron chi connectivity index (χ2n) is 4.48. The van der Waals surface area contributed by atoms with E-state index in [0.717, 1.165) is 15.9 Å². The first-order chi connectivity index (χ1) is 9.63. The van der Waals surface area contributed by atoms with Gasteiger partial charge in [0, 0.05) is 15.4 Å². The number of rotatable bonds is 5. The Labute approximate surface area is 133 Å². The molecule has 1 atom stereocenters. The highest BCUT2D eigenvalue weighted by Gasteiger charge is 2.09. The number of ether oxygens (including phenoxy) is 1. The number of benzene rings is 2. The van der Waals surface area contributed by atoms with Crippen LogP contribution in [-0.2, 0) is 0 Å². The normalized spacial score (nSPS) is 12.0. The van der Waals surface area contributed by atoms with Crippen molar-refractivity contribution in [3.05, 3.63) is 52.5 Å². The summed E-state index contributed by atoms with van der Waals surface area (Å²) in [4.78, 5) is 1.28. The molecule has 0 fully saturated rings. The first kappa shape index (κ1) is 15.3. The lowest BCUT2D eigenvalue weighted by atomic mass is 10.1. The van der Waals surface area contributed by atoms with E-state index in [4.69, 9.17) is 4.74 Å². The fourth-order valence-electron chi connectivity index (χ4n) is 2.00. The van der Waals surface area contributed by atoms with Gasteiger partial charge in [0.25, 0.3) is 0 Å². The maximum atomic E-state index is 5.39. The summed E-state index contributed by atoms with van der Waals surface area (Å²) in [5.41, 5.74) is 2.24. The Balaban J connectivity index is 2.17. The van der Waals surface area contributed by atoms with Gasteiger partial charge in [-0.1, -0.05) is 28.1 Å². The van der Waals surface area contributed by atoms with Crippen LogP contribution in [0, 0.1) is 0 Å². The molecule has 1 N–H and O–H groups in total. The zero-order valence-corrected chi connectivity index (χ0v) is 14.2. The molecular weight excluding hydrogens is 334 g/mol. The molecule has 1 unspecified atom stereocenters. The molecular formula is C16H18BrNOS. The molecule has 0 aliphatic heterocycles. The Morgan fingerprint density at radius 2 is 1.85 bits per heavy atom. The number of anilines is 1. The van der Waals surface area contributed by atoms with Gasteiger partial charge in [-0.25, -0.2) is 0 Å². The largest absolute Gasteiger partial charge is 0.495 e. The van der Waals surface area contributed by atoms with Crippen molar-refractivity contribution in [1.82, 2.24) is 0 Å². The van der Waals surface area contributed by atoms with Gasteiger partial charge in [-0.3, -0.25) is 0 Å². The third kappa shape index (κ3) is 3.70. The van der Waals surface area contributed by atoms with Gasteiger partial charge in [-0.15, -0.1) is 11.8 Å². The molecule has 0 bridgehead atoms. The molecule has 0 spiro atoms. The van der Waals surface area contributed by atoms with Crippen LogP contribution in [0.1, 0.15) is 18.5 Å². The van der Waals surface area contributed by atoms with Crippen LogP contribution in [0.3, 0.4) is 0 Å². The second kappa shape index (κ2) is 7.04. The van der Waals surface area contributed by atoms with Gasteiger partial charge < -0.3 is 10.1 Å². The lowest BCUT2D eigenvalue weighted by molar-refractivity contribution is 0.416. The Bertz CT molecular complexity index is 571. The summed E-state index contributed by atoms with van der Waals surface area (Å²) >= 11 is 5.25. The summed E-state index contributed by atoms with van der Waals surface area (Å²) in [6.45, 7) is 2.15. The first-order valence-corrected chi connectivity index (χ1v) is 8.40. The standard InChI is InChI=1S/C16H18BrNOS/c1-11(12-4-7-14(20-3)8-5-12)18-15-10-13(17)6-9-16(15)19-2/h4-11,18H,1-3H3. The van der Waals surface area contributed by atoms with Crippen molar-refractivity contribution in [2.24, 2.45) is 0 Å². The monoisotopic (exact) mass is 351 g/mol. The number of nitrogens with one attached hydrogen (secondary N) is 1. The van der Waals surface area contributed by atoms with Gasteiger partial charge >= 0.3 is 0 Å². The van der Waals surface area contributed by atoms with Crippen molar-refractivity contribution in [3.8, 4) is 5.75 Å². The minimum atomic E-state index is 0.217. The van der Waals surface area contributed by atoms with Gasteiger partial charge in [0.15, 0.2) is 0 Å². The zero-order valence-electron chi connectivity index (χ0n) is 11.8. The molecule has 0 saturated heterocycles. The van der Waals surface area contributed by atoms with Crippen LogP contribution >= 0.6 is 27.7 Å². The highest BCUT2D eigenvalue weighted by Crippen LogP contribution is 2.31. The second-order valence-corrected chi connectivity index (χ2v) is 6.28. The fourth-order valence-corrected chi connectivity index (χ4v) is 2.77.